The second-order valence-corrected chi connectivity index (χ2v) is 8.60. The summed E-state index contributed by atoms with van der Waals surface area (Å²) in [6.07, 6.45) is 6.01. The first-order valence-electron chi connectivity index (χ1n) is 12.3. The largest absolute Gasteiger partial charge is 0.493 e. The molecule has 0 atom stereocenters. The highest BCUT2D eigenvalue weighted by molar-refractivity contribution is 6.30. The van der Waals surface area contributed by atoms with Gasteiger partial charge in [0.2, 0.25) is 0 Å². The quantitative estimate of drug-likeness (QED) is 0.144. The molecule has 3 aromatic rings. The van der Waals surface area contributed by atoms with Crippen molar-refractivity contribution in [3.8, 4) is 17.2 Å². The molecule has 0 unspecified atom stereocenters. The highest BCUT2D eigenvalue weighted by Crippen LogP contribution is 2.29. The number of rotatable bonds is 14. The van der Waals surface area contributed by atoms with Crippen molar-refractivity contribution in [2.45, 2.75) is 46.1 Å². The average molecular weight is 509 g/mol. The lowest BCUT2D eigenvalue weighted by atomic mass is 10.2. The lowest BCUT2D eigenvalue weighted by Crippen LogP contribution is -2.18. The number of ether oxygens (including phenoxy) is 3. The Balaban J connectivity index is 1.63. The van der Waals surface area contributed by atoms with Gasteiger partial charge in [-0.05, 0) is 55.3 Å². The number of carbonyl (C=O) groups is 1. The highest BCUT2D eigenvalue weighted by Gasteiger charge is 2.12. The van der Waals surface area contributed by atoms with E-state index in [1.54, 1.807) is 30.3 Å². The molecule has 0 heterocycles. The number of hydrogen-bond donors (Lipinski definition) is 1. The Bertz CT molecular complexity index is 1140. The summed E-state index contributed by atoms with van der Waals surface area (Å²) in [5, 5.41) is 4.68. The molecule has 0 fully saturated rings. The van der Waals surface area contributed by atoms with Gasteiger partial charge in [0.15, 0.2) is 11.5 Å². The first-order valence-corrected chi connectivity index (χ1v) is 12.7. The van der Waals surface area contributed by atoms with Gasteiger partial charge in [-0.2, -0.15) is 5.10 Å². The third kappa shape index (κ3) is 8.61. The molecule has 1 amide bonds. The van der Waals surface area contributed by atoms with E-state index in [-0.39, 0.29) is 5.91 Å². The molecular weight excluding hydrogens is 476 g/mol. The Hall–Kier alpha value is -3.51. The number of halogens is 1. The van der Waals surface area contributed by atoms with Crippen LogP contribution >= 0.6 is 11.6 Å². The maximum absolute atomic E-state index is 12.7. The van der Waals surface area contributed by atoms with Crippen LogP contribution in [0.15, 0.2) is 71.8 Å². The minimum Gasteiger partial charge on any atom is -0.493 e. The first kappa shape index (κ1) is 27.1. The van der Waals surface area contributed by atoms with Crippen molar-refractivity contribution >= 4 is 23.7 Å². The molecule has 7 heteroatoms. The van der Waals surface area contributed by atoms with Crippen LogP contribution in [0.1, 0.15) is 61.0 Å². The zero-order chi connectivity index (χ0) is 25.6. The molecule has 0 aromatic heterocycles. The molecule has 0 saturated carbocycles. The fourth-order valence-electron chi connectivity index (χ4n) is 3.46. The van der Waals surface area contributed by atoms with Crippen molar-refractivity contribution < 1.29 is 19.0 Å². The predicted molar refractivity (Wildman–Crippen MR) is 145 cm³/mol. The van der Waals surface area contributed by atoms with E-state index in [2.05, 4.69) is 17.5 Å². The van der Waals surface area contributed by atoms with Crippen molar-refractivity contribution in [3.63, 3.8) is 0 Å². The van der Waals surface area contributed by atoms with Gasteiger partial charge in [-0.25, -0.2) is 5.43 Å². The van der Waals surface area contributed by atoms with Crippen LogP contribution in [0, 0.1) is 0 Å². The molecule has 0 aliphatic heterocycles. The molecule has 0 bridgehead atoms. The van der Waals surface area contributed by atoms with Gasteiger partial charge < -0.3 is 14.2 Å². The van der Waals surface area contributed by atoms with E-state index in [4.69, 9.17) is 25.8 Å². The van der Waals surface area contributed by atoms with Gasteiger partial charge in [-0.15, -0.1) is 0 Å². The standard InChI is InChI=1S/C29H33ClN2O4/c1-3-5-6-10-17-35-26-16-14-25(30)18-24(26)20-31-32-29(33)23-13-15-27(28(19-23)34-4-2)36-21-22-11-8-7-9-12-22/h7-9,11-16,18-20H,3-6,10,17,21H2,1-2H3,(H,32,33)/b31-20+. The molecule has 1 N–H and O–H groups in total. The van der Waals surface area contributed by atoms with Crippen LogP contribution in [0.25, 0.3) is 0 Å². The van der Waals surface area contributed by atoms with Crippen molar-refractivity contribution in [3.05, 3.63) is 88.4 Å². The van der Waals surface area contributed by atoms with Crippen LogP contribution < -0.4 is 19.6 Å². The summed E-state index contributed by atoms with van der Waals surface area (Å²) < 4.78 is 17.5. The van der Waals surface area contributed by atoms with Gasteiger partial charge in [-0.3, -0.25) is 4.79 Å². The van der Waals surface area contributed by atoms with E-state index >= 15 is 0 Å². The van der Waals surface area contributed by atoms with Gasteiger partial charge in [0.1, 0.15) is 12.4 Å². The van der Waals surface area contributed by atoms with Gasteiger partial charge in [0.25, 0.3) is 5.91 Å². The summed E-state index contributed by atoms with van der Waals surface area (Å²) in [5.41, 5.74) is 4.70. The molecule has 0 aliphatic rings. The van der Waals surface area contributed by atoms with E-state index in [1.807, 2.05) is 43.3 Å². The molecule has 0 radical (unpaired) electrons. The van der Waals surface area contributed by atoms with Gasteiger partial charge in [-0.1, -0.05) is 68.1 Å². The van der Waals surface area contributed by atoms with Crippen molar-refractivity contribution in [2.75, 3.05) is 13.2 Å². The fraction of sp³-hybridized carbons (Fsp3) is 0.310. The highest BCUT2D eigenvalue weighted by atomic mass is 35.5. The molecule has 0 spiro atoms. The summed E-state index contributed by atoms with van der Waals surface area (Å²) in [7, 11) is 0. The molecule has 0 aliphatic carbocycles. The van der Waals surface area contributed by atoms with Crippen molar-refractivity contribution in [2.24, 2.45) is 5.10 Å². The smallest absolute Gasteiger partial charge is 0.271 e. The van der Waals surface area contributed by atoms with E-state index in [1.165, 1.54) is 19.1 Å². The number of unbranched alkanes of at least 4 members (excludes halogenated alkanes) is 3. The summed E-state index contributed by atoms with van der Waals surface area (Å²) in [6, 6.07) is 20.3. The third-order valence-electron chi connectivity index (χ3n) is 5.34. The molecule has 190 valence electrons. The van der Waals surface area contributed by atoms with Crippen LogP contribution in [-0.2, 0) is 6.61 Å². The lowest BCUT2D eigenvalue weighted by molar-refractivity contribution is 0.0954. The average Bonchev–Trinajstić information content (AvgIpc) is 2.89. The summed E-state index contributed by atoms with van der Waals surface area (Å²) in [6.45, 7) is 5.52. The Morgan fingerprint density at radius 3 is 2.47 bits per heavy atom. The van der Waals surface area contributed by atoms with E-state index < -0.39 is 0 Å². The van der Waals surface area contributed by atoms with Gasteiger partial charge in [0, 0.05) is 16.1 Å². The van der Waals surface area contributed by atoms with Crippen molar-refractivity contribution in [1.82, 2.24) is 5.43 Å². The number of hydrazone groups is 1. The Morgan fingerprint density at radius 2 is 1.69 bits per heavy atom. The SMILES string of the molecule is CCCCCCOc1ccc(Cl)cc1/C=N/NC(=O)c1ccc(OCc2ccccc2)c(OCC)c1. The first-order chi connectivity index (χ1) is 17.6. The summed E-state index contributed by atoms with van der Waals surface area (Å²) in [4.78, 5) is 12.7. The Morgan fingerprint density at radius 1 is 0.889 bits per heavy atom. The monoisotopic (exact) mass is 508 g/mol. The molecular formula is C29H33ClN2O4. The molecule has 3 rings (SSSR count). The molecule has 36 heavy (non-hydrogen) atoms. The van der Waals surface area contributed by atoms with E-state index in [0.717, 1.165) is 18.4 Å². The minimum atomic E-state index is -0.370. The minimum absolute atomic E-state index is 0.370. The zero-order valence-corrected chi connectivity index (χ0v) is 21.6. The number of carbonyl (C=O) groups excluding carboxylic acids is 1. The number of nitrogens with one attached hydrogen (secondary N) is 1. The summed E-state index contributed by atoms with van der Waals surface area (Å²) >= 11 is 6.15. The zero-order valence-electron chi connectivity index (χ0n) is 20.8. The number of benzene rings is 3. The predicted octanol–water partition coefficient (Wildman–Crippen LogP) is 7.04. The third-order valence-corrected chi connectivity index (χ3v) is 5.58. The second-order valence-electron chi connectivity index (χ2n) is 8.16. The molecule has 6 nitrogen and oxygen atoms in total. The van der Waals surface area contributed by atoms with E-state index in [0.29, 0.717) is 53.2 Å². The Labute approximate surface area is 218 Å². The van der Waals surface area contributed by atoms with Crippen LogP contribution in [0.5, 0.6) is 17.2 Å². The van der Waals surface area contributed by atoms with Gasteiger partial charge in [0.05, 0.1) is 19.4 Å². The second kappa shape index (κ2) is 14.8. The normalized spacial score (nSPS) is 10.9. The van der Waals surface area contributed by atoms with E-state index in [9.17, 15) is 4.79 Å². The molecule has 0 saturated heterocycles. The van der Waals surface area contributed by atoms with Gasteiger partial charge >= 0.3 is 0 Å². The van der Waals surface area contributed by atoms with Crippen LogP contribution in [0.3, 0.4) is 0 Å². The maximum Gasteiger partial charge on any atom is 0.271 e. The molecule has 3 aromatic carbocycles. The topological polar surface area (TPSA) is 69.2 Å². The Kier molecular flexibility index (Phi) is 11.1. The van der Waals surface area contributed by atoms with Crippen LogP contribution in [0.4, 0.5) is 0 Å². The fourth-order valence-corrected chi connectivity index (χ4v) is 3.64. The summed E-state index contributed by atoms with van der Waals surface area (Å²) in [5.74, 6) is 1.37. The van der Waals surface area contributed by atoms with Crippen LogP contribution in [0.2, 0.25) is 5.02 Å². The number of nitrogens with zero attached hydrogens (tertiary/aromatic N) is 1. The maximum atomic E-state index is 12.7. The van der Waals surface area contributed by atoms with Crippen LogP contribution in [-0.4, -0.2) is 25.3 Å². The lowest BCUT2D eigenvalue weighted by Gasteiger charge is -2.13. The van der Waals surface area contributed by atoms with Crippen molar-refractivity contribution in [1.29, 1.82) is 0 Å². The number of hydrogen-bond acceptors (Lipinski definition) is 5. The number of amides is 1.